The molecule has 1 unspecified atom stereocenters. The van der Waals surface area contributed by atoms with Gasteiger partial charge in [0.1, 0.15) is 5.56 Å². The van der Waals surface area contributed by atoms with Gasteiger partial charge < -0.3 is 29.8 Å². The molecule has 11 heteroatoms. The number of nitrogens with one attached hydrogen (secondary N) is 1. The van der Waals surface area contributed by atoms with Crippen molar-refractivity contribution in [1.29, 1.82) is 0 Å². The number of nitrogens with zero attached hydrogens (tertiary/aromatic N) is 2. The van der Waals surface area contributed by atoms with E-state index in [2.05, 4.69) is 24.3 Å². The third kappa shape index (κ3) is 5.11. The first-order valence-electron chi connectivity index (χ1n) is 11.4. The maximum atomic E-state index is 12.7. The summed E-state index contributed by atoms with van der Waals surface area (Å²) in [5.41, 5.74) is 8.03. The second kappa shape index (κ2) is 9.77. The molecule has 3 N–H and O–H groups in total. The standard InChI is InChI=1S/C23H31BN4O6/c1-14-8-15(9-17(22(30)31-4)19(14)24-33-12-23(2,3)13-34-24)26-21-18(20(25)29)10-28(27-21)16-6-5-7-32-11-16/h8-10,16H,5-7,11-13H2,1-4H3,(H2,25,29)(H,26,27). The molecule has 10 nitrogen and oxygen atoms in total. The van der Waals surface area contributed by atoms with E-state index in [0.29, 0.717) is 42.4 Å². The van der Waals surface area contributed by atoms with E-state index in [9.17, 15) is 9.59 Å². The van der Waals surface area contributed by atoms with Gasteiger partial charge in [0.25, 0.3) is 5.91 Å². The third-order valence-electron chi connectivity index (χ3n) is 6.05. The molecule has 0 bridgehead atoms. The zero-order valence-electron chi connectivity index (χ0n) is 20.1. The molecule has 1 aromatic carbocycles. The van der Waals surface area contributed by atoms with Gasteiger partial charge in [-0.2, -0.15) is 5.10 Å². The van der Waals surface area contributed by atoms with Crippen LogP contribution in [0.2, 0.25) is 0 Å². The first-order valence-corrected chi connectivity index (χ1v) is 11.4. The van der Waals surface area contributed by atoms with Crippen molar-refractivity contribution in [2.45, 2.75) is 39.7 Å². The first kappa shape index (κ1) is 24.2. The molecular formula is C23H31BN4O6. The second-order valence-corrected chi connectivity index (χ2v) is 9.60. The van der Waals surface area contributed by atoms with Crippen molar-refractivity contribution in [2.75, 3.05) is 38.9 Å². The molecule has 1 aromatic heterocycles. The Morgan fingerprint density at radius 3 is 2.62 bits per heavy atom. The van der Waals surface area contributed by atoms with Crippen molar-refractivity contribution in [2.24, 2.45) is 11.1 Å². The maximum Gasteiger partial charge on any atom is 0.495 e. The summed E-state index contributed by atoms with van der Waals surface area (Å²) in [7, 11) is 0.648. The van der Waals surface area contributed by atoms with Crippen LogP contribution in [-0.2, 0) is 18.8 Å². The molecule has 182 valence electrons. The maximum absolute atomic E-state index is 12.7. The molecule has 2 fully saturated rings. The van der Waals surface area contributed by atoms with Gasteiger partial charge in [0.15, 0.2) is 5.82 Å². The molecule has 2 aromatic rings. The van der Waals surface area contributed by atoms with Crippen LogP contribution in [0.15, 0.2) is 18.3 Å². The molecule has 1 atom stereocenters. The zero-order valence-corrected chi connectivity index (χ0v) is 20.1. The van der Waals surface area contributed by atoms with Crippen LogP contribution in [0.3, 0.4) is 0 Å². The van der Waals surface area contributed by atoms with Crippen LogP contribution in [-0.4, -0.2) is 62.3 Å². The van der Waals surface area contributed by atoms with Gasteiger partial charge in [-0.05, 0) is 42.9 Å². The molecule has 4 rings (SSSR count). The van der Waals surface area contributed by atoms with Gasteiger partial charge in [0.2, 0.25) is 0 Å². The minimum absolute atomic E-state index is 0.0296. The summed E-state index contributed by atoms with van der Waals surface area (Å²) in [5, 5.41) is 7.72. The summed E-state index contributed by atoms with van der Waals surface area (Å²) in [4.78, 5) is 24.8. The number of nitrogens with two attached hydrogens (primary N) is 1. The number of anilines is 2. The average Bonchev–Trinajstić information content (AvgIpc) is 3.23. The number of aromatic nitrogens is 2. The Labute approximate surface area is 199 Å². The second-order valence-electron chi connectivity index (χ2n) is 9.60. The number of hydrogen-bond acceptors (Lipinski definition) is 8. The molecule has 2 saturated heterocycles. The first-order chi connectivity index (χ1) is 16.2. The van der Waals surface area contributed by atoms with Crippen molar-refractivity contribution < 1.29 is 28.4 Å². The summed E-state index contributed by atoms with van der Waals surface area (Å²) in [5.74, 6) is -0.801. The Hall–Kier alpha value is -2.89. The van der Waals surface area contributed by atoms with Gasteiger partial charge in [0, 0.05) is 37.1 Å². The Morgan fingerprint density at radius 2 is 2.00 bits per heavy atom. The summed E-state index contributed by atoms with van der Waals surface area (Å²) in [6.07, 6.45) is 3.46. The van der Waals surface area contributed by atoms with Crippen LogP contribution in [0.4, 0.5) is 11.5 Å². The molecule has 1 amide bonds. The zero-order chi connectivity index (χ0) is 24.5. The lowest BCUT2D eigenvalue weighted by molar-refractivity contribution is 0.0339. The molecule has 2 aliphatic rings. The number of rotatable bonds is 6. The van der Waals surface area contributed by atoms with Gasteiger partial charge in [-0.25, -0.2) is 4.79 Å². The SMILES string of the molecule is COC(=O)c1cc(Nc2nn(C3CCCOC3)cc2C(N)=O)cc(C)c1B1OCC(C)(C)CO1. The van der Waals surface area contributed by atoms with Crippen LogP contribution < -0.4 is 16.5 Å². The fraction of sp³-hybridized carbons (Fsp3) is 0.522. The smallest absolute Gasteiger partial charge is 0.465 e. The van der Waals surface area contributed by atoms with E-state index in [1.54, 1.807) is 16.9 Å². The Balaban J connectivity index is 1.66. The van der Waals surface area contributed by atoms with Crippen molar-refractivity contribution in [3.05, 3.63) is 35.0 Å². The van der Waals surface area contributed by atoms with E-state index in [4.69, 9.17) is 24.5 Å². The minimum atomic E-state index is -0.678. The molecule has 0 spiro atoms. The largest absolute Gasteiger partial charge is 0.495 e. The van der Waals surface area contributed by atoms with Crippen molar-refractivity contribution in [3.8, 4) is 0 Å². The molecule has 34 heavy (non-hydrogen) atoms. The third-order valence-corrected chi connectivity index (χ3v) is 6.05. The molecule has 2 aliphatic heterocycles. The number of esters is 1. The number of ether oxygens (including phenoxy) is 2. The van der Waals surface area contributed by atoms with E-state index in [0.717, 1.165) is 25.0 Å². The van der Waals surface area contributed by atoms with Crippen LogP contribution in [0.25, 0.3) is 0 Å². The van der Waals surface area contributed by atoms with E-state index in [1.165, 1.54) is 7.11 Å². The minimum Gasteiger partial charge on any atom is -0.465 e. The number of benzene rings is 1. The van der Waals surface area contributed by atoms with Gasteiger partial charge in [-0.15, -0.1) is 0 Å². The number of primary amides is 1. The number of hydrogen-bond donors (Lipinski definition) is 2. The summed E-state index contributed by atoms with van der Waals surface area (Å²) in [6, 6.07) is 3.53. The summed E-state index contributed by atoms with van der Waals surface area (Å²) >= 11 is 0. The van der Waals surface area contributed by atoms with Crippen LogP contribution in [0.1, 0.15) is 59.0 Å². The van der Waals surface area contributed by atoms with Gasteiger partial charge in [-0.3, -0.25) is 9.48 Å². The molecular weight excluding hydrogens is 439 g/mol. The Morgan fingerprint density at radius 1 is 1.26 bits per heavy atom. The van der Waals surface area contributed by atoms with Crippen molar-refractivity contribution in [3.63, 3.8) is 0 Å². The van der Waals surface area contributed by atoms with Crippen LogP contribution in [0, 0.1) is 12.3 Å². The lowest BCUT2D eigenvalue weighted by Crippen LogP contribution is -2.50. The Bertz CT molecular complexity index is 1070. The molecule has 0 saturated carbocycles. The number of carbonyl (C=O) groups is 2. The van der Waals surface area contributed by atoms with Crippen LogP contribution >= 0.6 is 0 Å². The van der Waals surface area contributed by atoms with E-state index >= 15 is 0 Å². The van der Waals surface area contributed by atoms with Gasteiger partial charge >= 0.3 is 13.1 Å². The summed E-state index contributed by atoms with van der Waals surface area (Å²) in [6.45, 7) is 8.23. The number of carbonyl (C=O) groups excluding carboxylic acids is 2. The fourth-order valence-corrected chi connectivity index (χ4v) is 4.24. The van der Waals surface area contributed by atoms with E-state index < -0.39 is 19.0 Å². The average molecular weight is 470 g/mol. The normalized spacial score (nSPS) is 20.1. The predicted molar refractivity (Wildman–Crippen MR) is 127 cm³/mol. The van der Waals surface area contributed by atoms with E-state index in [1.807, 2.05) is 13.0 Å². The monoisotopic (exact) mass is 470 g/mol. The molecule has 3 heterocycles. The highest BCUT2D eigenvalue weighted by atomic mass is 16.6. The lowest BCUT2D eigenvalue weighted by atomic mass is 9.71. The van der Waals surface area contributed by atoms with Gasteiger partial charge in [-0.1, -0.05) is 13.8 Å². The highest BCUT2D eigenvalue weighted by molar-refractivity contribution is 6.63. The predicted octanol–water partition coefficient (Wildman–Crippen LogP) is 1.94. The highest BCUT2D eigenvalue weighted by Gasteiger charge is 2.37. The van der Waals surface area contributed by atoms with Crippen LogP contribution in [0.5, 0.6) is 0 Å². The van der Waals surface area contributed by atoms with Crippen molar-refractivity contribution in [1.82, 2.24) is 9.78 Å². The summed E-state index contributed by atoms with van der Waals surface area (Å²) < 4.78 is 24.2. The number of aryl methyl sites for hydroxylation is 1. The molecule has 0 aliphatic carbocycles. The lowest BCUT2D eigenvalue weighted by Gasteiger charge is -2.34. The number of methoxy groups -OCH3 is 1. The number of amides is 1. The quantitative estimate of drug-likeness (QED) is 0.485. The molecule has 0 radical (unpaired) electrons. The Kier molecular flexibility index (Phi) is 6.97. The highest BCUT2D eigenvalue weighted by Crippen LogP contribution is 2.27. The fourth-order valence-electron chi connectivity index (χ4n) is 4.24. The van der Waals surface area contributed by atoms with Crippen molar-refractivity contribution >= 4 is 36.0 Å². The van der Waals surface area contributed by atoms with Gasteiger partial charge in [0.05, 0.1) is 25.3 Å². The topological polar surface area (TPSA) is 127 Å². The van der Waals surface area contributed by atoms with E-state index in [-0.39, 0.29) is 17.0 Å².